The highest BCUT2D eigenvalue weighted by atomic mass is 79.9. The molecule has 1 atom stereocenters. The lowest BCUT2D eigenvalue weighted by Crippen LogP contribution is -2.21. The summed E-state index contributed by atoms with van der Waals surface area (Å²) in [5.41, 5.74) is 1.01. The second kappa shape index (κ2) is 6.20. The van der Waals surface area contributed by atoms with Crippen molar-refractivity contribution in [2.45, 2.75) is 13.0 Å². The average molecular weight is 361 g/mol. The van der Waals surface area contributed by atoms with E-state index in [9.17, 15) is 8.78 Å². The number of aryl methyl sites for hydroxylation is 1. The second-order valence-corrected chi connectivity index (χ2v) is 5.80. The van der Waals surface area contributed by atoms with Gasteiger partial charge in [-0.25, -0.2) is 8.78 Å². The van der Waals surface area contributed by atoms with E-state index in [0.717, 1.165) is 4.47 Å². The fraction of sp³-hybridized carbons (Fsp3) is 0.200. The maximum Gasteiger partial charge on any atom is 0.134 e. The zero-order valence-corrected chi connectivity index (χ0v) is 13.3. The van der Waals surface area contributed by atoms with Gasteiger partial charge in [-0.05, 0) is 43.3 Å². The van der Waals surface area contributed by atoms with Crippen LogP contribution in [0.4, 0.5) is 8.78 Å². The third-order valence-corrected chi connectivity index (χ3v) is 3.99. The van der Waals surface area contributed by atoms with Crippen LogP contribution in [0.1, 0.15) is 22.7 Å². The molecule has 0 spiro atoms. The smallest absolute Gasteiger partial charge is 0.134 e. The van der Waals surface area contributed by atoms with Gasteiger partial charge in [0.15, 0.2) is 0 Å². The van der Waals surface area contributed by atoms with Crippen molar-refractivity contribution in [2.75, 3.05) is 7.05 Å². The van der Waals surface area contributed by atoms with Crippen LogP contribution in [-0.2, 0) is 0 Å². The Kier molecular flexibility index (Phi) is 4.78. The van der Waals surface area contributed by atoms with E-state index in [4.69, 9.17) is 11.6 Å². The molecule has 0 saturated heterocycles. The summed E-state index contributed by atoms with van der Waals surface area (Å²) in [6, 6.07) is 7.28. The van der Waals surface area contributed by atoms with E-state index in [2.05, 4.69) is 21.2 Å². The normalized spacial score (nSPS) is 12.5. The van der Waals surface area contributed by atoms with Crippen molar-refractivity contribution >= 4 is 27.5 Å². The maximum absolute atomic E-state index is 14.3. The van der Waals surface area contributed by atoms with Gasteiger partial charge in [-0.3, -0.25) is 0 Å². The minimum absolute atomic E-state index is 0.0169. The van der Waals surface area contributed by atoms with Crippen LogP contribution in [0.2, 0.25) is 5.02 Å². The molecule has 2 aromatic rings. The first-order valence-corrected chi connectivity index (χ1v) is 7.19. The molecule has 0 saturated carbocycles. The molecule has 106 valence electrons. The van der Waals surface area contributed by atoms with E-state index < -0.39 is 17.7 Å². The molecule has 0 radical (unpaired) electrons. The van der Waals surface area contributed by atoms with Gasteiger partial charge in [0.05, 0.1) is 6.04 Å². The molecule has 0 aromatic heterocycles. The summed E-state index contributed by atoms with van der Waals surface area (Å²) in [7, 11) is 1.64. The van der Waals surface area contributed by atoms with Gasteiger partial charge < -0.3 is 5.32 Å². The third kappa shape index (κ3) is 2.87. The van der Waals surface area contributed by atoms with Crippen LogP contribution < -0.4 is 5.32 Å². The standard InChI is InChI=1S/C15H13BrClF2N/c1-8-3-6-12(18)13(14(8)19)15(20-2)10-5-4-9(16)7-11(10)17/h3-7,15,20H,1-2H3. The minimum atomic E-state index is -0.643. The number of benzene rings is 2. The Morgan fingerprint density at radius 1 is 1.20 bits per heavy atom. The van der Waals surface area contributed by atoms with Crippen LogP contribution in [0.15, 0.2) is 34.8 Å². The highest BCUT2D eigenvalue weighted by Gasteiger charge is 2.23. The van der Waals surface area contributed by atoms with Crippen LogP contribution in [-0.4, -0.2) is 7.05 Å². The molecule has 0 aliphatic carbocycles. The molecule has 0 amide bonds. The number of hydrogen-bond donors (Lipinski definition) is 1. The predicted octanol–water partition coefficient (Wildman–Crippen LogP) is 5.00. The quantitative estimate of drug-likeness (QED) is 0.812. The van der Waals surface area contributed by atoms with E-state index in [1.54, 1.807) is 32.2 Å². The summed E-state index contributed by atoms with van der Waals surface area (Å²) >= 11 is 9.49. The summed E-state index contributed by atoms with van der Waals surface area (Å²) in [5, 5.41) is 3.37. The first kappa shape index (κ1) is 15.4. The molecule has 2 aromatic carbocycles. The fourth-order valence-corrected chi connectivity index (χ4v) is 2.92. The van der Waals surface area contributed by atoms with Crippen molar-refractivity contribution < 1.29 is 8.78 Å². The lowest BCUT2D eigenvalue weighted by Gasteiger charge is -2.20. The molecule has 1 N–H and O–H groups in total. The van der Waals surface area contributed by atoms with Gasteiger partial charge in [-0.1, -0.05) is 39.7 Å². The van der Waals surface area contributed by atoms with Gasteiger partial charge in [-0.15, -0.1) is 0 Å². The highest BCUT2D eigenvalue weighted by Crippen LogP contribution is 2.33. The van der Waals surface area contributed by atoms with Crippen LogP contribution in [0, 0.1) is 18.6 Å². The Labute approximate surface area is 130 Å². The molecule has 0 aliphatic heterocycles. The summed E-state index contributed by atoms with van der Waals surface area (Å²) in [4.78, 5) is 0. The van der Waals surface area contributed by atoms with Crippen molar-refractivity contribution in [2.24, 2.45) is 0 Å². The third-order valence-electron chi connectivity index (χ3n) is 3.17. The summed E-state index contributed by atoms with van der Waals surface area (Å²) in [6.07, 6.45) is 0. The molecule has 0 bridgehead atoms. The molecular weight excluding hydrogens is 348 g/mol. The number of hydrogen-bond acceptors (Lipinski definition) is 1. The zero-order valence-electron chi connectivity index (χ0n) is 11.0. The van der Waals surface area contributed by atoms with E-state index in [1.165, 1.54) is 12.1 Å². The molecule has 1 unspecified atom stereocenters. The van der Waals surface area contributed by atoms with Gasteiger partial charge in [0.1, 0.15) is 11.6 Å². The van der Waals surface area contributed by atoms with Crippen molar-refractivity contribution in [3.63, 3.8) is 0 Å². The Balaban J connectivity index is 2.61. The van der Waals surface area contributed by atoms with Gasteiger partial charge in [0, 0.05) is 15.1 Å². The average Bonchev–Trinajstić information content (AvgIpc) is 2.40. The number of rotatable bonds is 3. The minimum Gasteiger partial charge on any atom is -0.309 e. The Morgan fingerprint density at radius 3 is 2.50 bits per heavy atom. The van der Waals surface area contributed by atoms with Crippen molar-refractivity contribution in [3.05, 3.63) is 68.2 Å². The van der Waals surface area contributed by atoms with Crippen LogP contribution in [0.25, 0.3) is 0 Å². The van der Waals surface area contributed by atoms with Gasteiger partial charge in [0.2, 0.25) is 0 Å². The van der Waals surface area contributed by atoms with Crippen LogP contribution >= 0.6 is 27.5 Å². The monoisotopic (exact) mass is 359 g/mol. The Bertz CT molecular complexity index is 646. The number of nitrogens with one attached hydrogen (secondary N) is 1. The van der Waals surface area contributed by atoms with Crippen molar-refractivity contribution in [3.8, 4) is 0 Å². The van der Waals surface area contributed by atoms with Crippen LogP contribution in [0.5, 0.6) is 0 Å². The molecule has 5 heteroatoms. The summed E-state index contributed by atoms with van der Waals surface area (Å²) < 4.78 is 29.1. The zero-order chi connectivity index (χ0) is 14.9. The molecule has 1 nitrogen and oxygen atoms in total. The van der Waals surface area contributed by atoms with E-state index in [1.807, 2.05) is 0 Å². The lowest BCUT2D eigenvalue weighted by molar-refractivity contribution is 0.517. The van der Waals surface area contributed by atoms with Gasteiger partial charge in [0.25, 0.3) is 0 Å². The molecule has 20 heavy (non-hydrogen) atoms. The van der Waals surface area contributed by atoms with Crippen LogP contribution in [0.3, 0.4) is 0 Å². The highest BCUT2D eigenvalue weighted by molar-refractivity contribution is 9.10. The first-order chi connectivity index (χ1) is 9.45. The molecule has 0 fully saturated rings. The molecule has 0 aliphatic rings. The van der Waals surface area contributed by atoms with Crippen molar-refractivity contribution in [1.82, 2.24) is 5.32 Å². The fourth-order valence-electron chi connectivity index (χ4n) is 2.13. The summed E-state index contributed by atoms with van der Waals surface area (Å²) in [6.45, 7) is 1.61. The maximum atomic E-state index is 14.3. The van der Waals surface area contributed by atoms with E-state index in [-0.39, 0.29) is 5.56 Å². The van der Waals surface area contributed by atoms with E-state index >= 15 is 0 Å². The Morgan fingerprint density at radius 2 is 1.90 bits per heavy atom. The van der Waals surface area contributed by atoms with Gasteiger partial charge >= 0.3 is 0 Å². The van der Waals surface area contributed by atoms with Gasteiger partial charge in [-0.2, -0.15) is 0 Å². The largest absolute Gasteiger partial charge is 0.309 e. The second-order valence-electron chi connectivity index (χ2n) is 4.48. The molecular formula is C15H13BrClF2N. The molecule has 0 heterocycles. The summed E-state index contributed by atoms with van der Waals surface area (Å²) in [5.74, 6) is -1.14. The van der Waals surface area contributed by atoms with E-state index in [0.29, 0.717) is 16.1 Å². The lowest BCUT2D eigenvalue weighted by atomic mass is 9.96. The Hall–Kier alpha value is -0.970. The SMILES string of the molecule is CNC(c1ccc(Br)cc1Cl)c1c(F)ccc(C)c1F. The van der Waals surface area contributed by atoms with Crippen molar-refractivity contribution in [1.29, 1.82) is 0 Å². The predicted molar refractivity (Wildman–Crippen MR) is 81.1 cm³/mol. The number of halogens is 4. The molecule has 2 rings (SSSR count). The topological polar surface area (TPSA) is 12.0 Å². The first-order valence-electron chi connectivity index (χ1n) is 6.02.